The highest BCUT2D eigenvalue weighted by Crippen LogP contribution is 2.26. The van der Waals surface area contributed by atoms with Gasteiger partial charge in [-0.3, -0.25) is 19.3 Å². The predicted molar refractivity (Wildman–Crippen MR) is 411 cm³/mol. The van der Waals surface area contributed by atoms with Crippen molar-refractivity contribution in [2.24, 2.45) is 65.1 Å². The molecule has 19 heteroatoms. The smallest absolute Gasteiger partial charge is 0.220 e. The number of rotatable bonds is 22. The van der Waals surface area contributed by atoms with E-state index in [0.717, 1.165) is 175 Å². The van der Waals surface area contributed by atoms with Gasteiger partial charge in [-0.1, -0.05) is 125 Å². The maximum absolute atomic E-state index is 10.8. The summed E-state index contributed by atoms with van der Waals surface area (Å²) >= 11 is 0. The molecular weight excluding hydrogens is 1230 g/mol. The Morgan fingerprint density at radius 3 is 1.07 bits per heavy atom. The second kappa shape index (κ2) is 53.6. The van der Waals surface area contributed by atoms with Crippen LogP contribution in [0.4, 0.5) is 0 Å². The van der Waals surface area contributed by atoms with Gasteiger partial charge in [-0.05, 0) is 214 Å². The molecule has 0 aromatic carbocycles. The molecule has 3 amide bonds. The Morgan fingerprint density at radius 1 is 0.439 bits per heavy atom. The number of aliphatic hydroxyl groups is 5. The Balaban J connectivity index is 0.000000552. The van der Waals surface area contributed by atoms with E-state index in [-0.39, 0.29) is 29.9 Å². The van der Waals surface area contributed by atoms with E-state index < -0.39 is 0 Å². The normalized spacial score (nSPS) is 29.7. The molecule has 0 aromatic rings. The monoisotopic (exact) mass is 1390 g/mol. The number of carbonyl (C=O) groups is 3. The van der Waals surface area contributed by atoms with Crippen molar-refractivity contribution in [3.05, 3.63) is 0 Å². The molecule has 14 N–H and O–H groups in total. The predicted octanol–water partition coefficient (Wildman–Crippen LogP) is 9.46. The summed E-state index contributed by atoms with van der Waals surface area (Å²) in [5.74, 6) is 8.73. The highest BCUT2D eigenvalue weighted by atomic mass is 16.3. The van der Waals surface area contributed by atoms with Crippen molar-refractivity contribution in [1.29, 1.82) is 0 Å². The van der Waals surface area contributed by atoms with Crippen LogP contribution in [0.2, 0.25) is 0 Å². The fraction of sp³-hybridized carbons (Fsp3) is 0.962. The molecule has 0 bridgehead atoms. The average Bonchev–Trinajstić information content (AvgIpc) is 1.84. The number of likely N-dealkylation sites (tertiary alicyclic amines) is 2. The summed E-state index contributed by atoms with van der Waals surface area (Å²) in [7, 11) is 2.25. The van der Waals surface area contributed by atoms with E-state index in [0.29, 0.717) is 80.1 Å². The number of nitrogens with zero attached hydrogens (tertiary/aromatic N) is 2. The lowest BCUT2D eigenvalue weighted by molar-refractivity contribution is -0.120. The zero-order valence-corrected chi connectivity index (χ0v) is 67.1. The topological polar surface area (TPSA) is 267 Å². The third kappa shape index (κ3) is 46.6. The number of β-amino-alcohol motifs (C(OH)–C–C–N with tert-alkyl or cyclic N) is 3. The molecule has 9 saturated heterocycles. The molecule has 9 fully saturated rings. The quantitative estimate of drug-likeness (QED) is 0.0481. The van der Waals surface area contributed by atoms with E-state index in [9.17, 15) is 14.4 Å². The number of carbonyl (C=O) groups excluding carboxylic acids is 3. The van der Waals surface area contributed by atoms with Crippen LogP contribution in [0.3, 0.4) is 0 Å². The van der Waals surface area contributed by atoms with Gasteiger partial charge in [0.05, 0.1) is 32.0 Å². The molecule has 582 valence electrons. The first-order chi connectivity index (χ1) is 46.1. The van der Waals surface area contributed by atoms with Gasteiger partial charge in [-0.15, -0.1) is 0 Å². The van der Waals surface area contributed by atoms with Crippen LogP contribution < -0.4 is 47.9 Å². The zero-order chi connectivity index (χ0) is 74.0. The van der Waals surface area contributed by atoms with Crippen LogP contribution >= 0.6 is 0 Å². The summed E-state index contributed by atoms with van der Waals surface area (Å²) in [6, 6.07) is 5.85. The van der Waals surface area contributed by atoms with Crippen LogP contribution in [0.1, 0.15) is 260 Å². The largest absolute Gasteiger partial charge is 0.395 e. The summed E-state index contributed by atoms with van der Waals surface area (Å²) in [5.41, 5.74) is 0. The molecule has 0 aromatic heterocycles. The minimum Gasteiger partial charge on any atom is -0.395 e. The van der Waals surface area contributed by atoms with Crippen molar-refractivity contribution in [2.75, 3.05) is 85.8 Å². The molecule has 0 radical (unpaired) electrons. The summed E-state index contributed by atoms with van der Waals surface area (Å²) in [4.78, 5) is 37.2. The molecule has 9 heterocycles. The SMILES string of the molecule is CC(=O)N[C@@H]1CN[C@H](CC(C)C)C1.CC(=O)N[C@H]1CN[C@H](CC(C)C)C1.CC(C)C[C@@H]1C[C@@H](O)CN1.CC(C)C[C@@H]1C[C@H](O)CN1.CC(C)C[C@H]1CCC(=O)N1.CC(C)C[C@H]1CCCN1C.CC(C)C[C@H]1CCCN1CCO.CC(C)[C@@H]1CN[C@H](CO)C1.CC(C)[C@H]1CN[C@H](CO)C1. The third-order valence-corrected chi connectivity index (χ3v) is 20.4. The van der Waals surface area contributed by atoms with Crippen LogP contribution in [0.25, 0.3) is 0 Å². The molecule has 9 rings (SSSR count). The van der Waals surface area contributed by atoms with Gasteiger partial charge < -0.3 is 78.3 Å². The molecule has 9 aliphatic heterocycles. The van der Waals surface area contributed by atoms with E-state index in [1.54, 1.807) is 13.8 Å². The van der Waals surface area contributed by atoms with Crippen molar-refractivity contribution < 1.29 is 39.9 Å². The van der Waals surface area contributed by atoms with E-state index in [1.165, 1.54) is 77.3 Å². The molecule has 0 aliphatic carbocycles. The second-order valence-electron chi connectivity index (χ2n) is 34.6. The van der Waals surface area contributed by atoms with Crippen LogP contribution in [-0.4, -0.2) is 217 Å². The molecule has 98 heavy (non-hydrogen) atoms. The van der Waals surface area contributed by atoms with Gasteiger partial charge in [0.15, 0.2) is 0 Å². The van der Waals surface area contributed by atoms with Crippen molar-refractivity contribution in [3.8, 4) is 0 Å². The van der Waals surface area contributed by atoms with Gasteiger partial charge in [-0.2, -0.15) is 0 Å². The number of aliphatic hydroxyl groups excluding tert-OH is 5. The van der Waals surface area contributed by atoms with Gasteiger partial charge in [0, 0.05) is 119 Å². The van der Waals surface area contributed by atoms with Crippen molar-refractivity contribution in [3.63, 3.8) is 0 Å². The Hall–Kier alpha value is -2.11. The third-order valence-electron chi connectivity index (χ3n) is 20.4. The number of nitrogens with one attached hydrogen (secondary N) is 9. The first-order valence-corrected chi connectivity index (χ1v) is 40.0. The van der Waals surface area contributed by atoms with Gasteiger partial charge >= 0.3 is 0 Å². The number of hydrogen-bond acceptors (Lipinski definition) is 16. The molecule has 9 aliphatic rings. The standard InChI is InChI=1S/2C10H20N2O.C10H21NO.C9H19N.4C8H17NO.C8H15NO/c2*1-7(2)4-9-5-10(6-11-9)12-8(3)13;1-9(2)8-10-4-3-5-11(10)6-7-12;1-8(2)7-9-5-4-6-10(9)3;2*1-6(2)7-3-8(5-10)9-4-7;2*1-6(2)3-7-4-8(10)5-9-7;1-6(2)5-7-3-4-8(10)9-7/h2*7,9-11H,4-6H2,1-3H3,(H,12,13);9-10,12H,3-8H2,1-2H3;8-9H,4-7H2,1-3H3;4*6-10H,3-5H2,1-2H3;6-7H,3-5H2,1-2H3,(H,9,10)/t9-,10+;9-,10-;10-;9-;7-,8+;7-,8-;7-,8+;7-,8-;7-/m111110111/s1. The Kier molecular flexibility index (Phi) is 51.4. The Labute approximate surface area is 602 Å². The van der Waals surface area contributed by atoms with Crippen molar-refractivity contribution >= 4 is 17.7 Å². The van der Waals surface area contributed by atoms with Crippen LogP contribution in [-0.2, 0) is 14.4 Å². The summed E-state index contributed by atoms with van der Waals surface area (Å²) in [6.45, 7) is 53.3. The lowest BCUT2D eigenvalue weighted by Gasteiger charge is -2.24. The molecular formula is C79H163N11O8. The maximum Gasteiger partial charge on any atom is 0.220 e. The van der Waals surface area contributed by atoms with E-state index in [4.69, 9.17) is 25.5 Å². The first-order valence-electron chi connectivity index (χ1n) is 40.0. The Morgan fingerprint density at radius 2 is 0.786 bits per heavy atom. The van der Waals surface area contributed by atoms with E-state index in [1.807, 2.05) is 0 Å². The minimum atomic E-state index is -0.0938. The Bertz CT molecular complexity index is 1890. The summed E-state index contributed by atoms with van der Waals surface area (Å²) < 4.78 is 0. The van der Waals surface area contributed by atoms with Crippen molar-refractivity contribution in [1.82, 2.24) is 57.7 Å². The highest BCUT2D eigenvalue weighted by molar-refractivity contribution is 5.78. The maximum atomic E-state index is 10.8. The number of hydrogen-bond donors (Lipinski definition) is 14. The molecule has 15 atom stereocenters. The van der Waals surface area contributed by atoms with Crippen LogP contribution in [0.5, 0.6) is 0 Å². The minimum absolute atomic E-state index is 0.0806. The number of amides is 3. The second-order valence-corrected chi connectivity index (χ2v) is 34.6. The summed E-state index contributed by atoms with van der Waals surface area (Å²) in [5, 5.41) is 73.6. The van der Waals surface area contributed by atoms with Crippen LogP contribution in [0, 0.1) is 65.1 Å². The fourth-order valence-electron chi connectivity index (χ4n) is 15.4. The van der Waals surface area contributed by atoms with Crippen molar-refractivity contribution in [2.45, 2.75) is 339 Å². The van der Waals surface area contributed by atoms with Crippen LogP contribution in [0.15, 0.2) is 0 Å². The lowest BCUT2D eigenvalue weighted by Crippen LogP contribution is -2.34. The molecule has 0 saturated carbocycles. The van der Waals surface area contributed by atoms with E-state index >= 15 is 0 Å². The molecule has 0 unspecified atom stereocenters. The highest BCUT2D eigenvalue weighted by Gasteiger charge is 2.30. The first kappa shape index (κ1) is 93.9. The van der Waals surface area contributed by atoms with Gasteiger partial charge in [0.25, 0.3) is 0 Å². The summed E-state index contributed by atoms with van der Waals surface area (Å²) in [6.07, 6.45) is 22.0. The van der Waals surface area contributed by atoms with Gasteiger partial charge in [0.1, 0.15) is 0 Å². The molecule has 19 nitrogen and oxygen atoms in total. The van der Waals surface area contributed by atoms with Gasteiger partial charge in [-0.25, -0.2) is 0 Å². The fourth-order valence-corrected chi connectivity index (χ4v) is 15.4. The van der Waals surface area contributed by atoms with E-state index in [2.05, 4.69) is 189 Å². The van der Waals surface area contributed by atoms with Gasteiger partial charge in [0.2, 0.25) is 17.7 Å². The zero-order valence-electron chi connectivity index (χ0n) is 67.1. The average molecular weight is 1400 g/mol. The lowest BCUT2D eigenvalue weighted by atomic mass is 9.94. The molecule has 0 spiro atoms.